The van der Waals surface area contributed by atoms with E-state index in [1.807, 2.05) is 0 Å². The summed E-state index contributed by atoms with van der Waals surface area (Å²) < 4.78 is 0. The molecule has 0 spiro atoms. The Kier molecular flexibility index (Phi) is 17.0. The molecule has 1 aromatic rings. The maximum Gasteiger partial charge on any atom is 0.0575 e. The molecule has 2 N–H and O–H groups in total. The van der Waals surface area contributed by atoms with E-state index in [0.29, 0.717) is 0 Å². The third-order valence-electron chi connectivity index (χ3n) is 5.62. The third kappa shape index (κ3) is 13.9. The van der Waals surface area contributed by atoms with Crippen LogP contribution in [0.4, 0.5) is 11.4 Å². The van der Waals surface area contributed by atoms with Crippen LogP contribution < -0.4 is 10.6 Å². The minimum absolute atomic E-state index is 1.09. The molecule has 1 aromatic carbocycles. The molecule has 0 aliphatic rings. The maximum atomic E-state index is 3.64. The highest BCUT2D eigenvalue weighted by atomic mass is 14.9. The Morgan fingerprint density at radius 3 is 1.14 bits per heavy atom. The minimum atomic E-state index is 1.09. The summed E-state index contributed by atoms with van der Waals surface area (Å²) in [5.74, 6) is 0. The molecular weight excluding hydrogens is 340 g/mol. The molecule has 162 valence electrons. The van der Waals surface area contributed by atoms with Gasteiger partial charge in [0.15, 0.2) is 0 Å². The van der Waals surface area contributed by atoms with Crippen molar-refractivity contribution < 1.29 is 0 Å². The summed E-state index contributed by atoms with van der Waals surface area (Å²) in [7, 11) is 0. The molecule has 0 unspecified atom stereocenters. The summed E-state index contributed by atoms with van der Waals surface area (Å²) in [4.78, 5) is 0. The third-order valence-corrected chi connectivity index (χ3v) is 5.62. The predicted octanol–water partition coefficient (Wildman–Crippen LogP) is 8.79. The quantitative estimate of drug-likeness (QED) is 0.218. The second-order valence-corrected chi connectivity index (χ2v) is 8.35. The number of benzene rings is 1. The fourth-order valence-corrected chi connectivity index (χ4v) is 3.76. The van der Waals surface area contributed by atoms with Crippen molar-refractivity contribution in [3.8, 4) is 0 Å². The average Bonchev–Trinajstić information content (AvgIpc) is 2.72. The van der Waals surface area contributed by atoms with Gasteiger partial charge in [-0.05, 0) is 25.0 Å². The van der Waals surface area contributed by atoms with Gasteiger partial charge in [0.1, 0.15) is 0 Å². The highest BCUT2D eigenvalue weighted by Crippen LogP contribution is 2.21. The van der Waals surface area contributed by atoms with Gasteiger partial charge in [0.2, 0.25) is 0 Å². The minimum Gasteiger partial charge on any atom is -0.383 e. The van der Waals surface area contributed by atoms with Crippen LogP contribution in [0, 0.1) is 0 Å². The molecule has 0 fully saturated rings. The first kappa shape index (κ1) is 24.9. The van der Waals surface area contributed by atoms with E-state index in [1.165, 1.54) is 114 Å². The van der Waals surface area contributed by atoms with Crippen molar-refractivity contribution in [3.05, 3.63) is 24.3 Å². The van der Waals surface area contributed by atoms with E-state index >= 15 is 0 Å². The van der Waals surface area contributed by atoms with Crippen LogP contribution in [0.25, 0.3) is 0 Å². The fourth-order valence-electron chi connectivity index (χ4n) is 3.76. The zero-order chi connectivity index (χ0) is 20.1. The Hall–Kier alpha value is -1.18. The van der Waals surface area contributed by atoms with E-state index in [4.69, 9.17) is 0 Å². The molecule has 0 radical (unpaired) electrons. The van der Waals surface area contributed by atoms with E-state index in [9.17, 15) is 0 Å². The van der Waals surface area contributed by atoms with Gasteiger partial charge < -0.3 is 10.6 Å². The van der Waals surface area contributed by atoms with Gasteiger partial charge in [0.25, 0.3) is 0 Å². The van der Waals surface area contributed by atoms with E-state index < -0.39 is 0 Å². The van der Waals surface area contributed by atoms with Crippen LogP contribution in [0.15, 0.2) is 24.3 Å². The summed E-state index contributed by atoms with van der Waals surface area (Å²) in [6.45, 7) is 6.75. The SMILES string of the molecule is CCCCCCCCCCNc1ccccc1NCCCCCCCCCC. The second-order valence-electron chi connectivity index (χ2n) is 8.35. The van der Waals surface area contributed by atoms with Crippen molar-refractivity contribution in [1.29, 1.82) is 0 Å². The number of para-hydroxylation sites is 2. The van der Waals surface area contributed by atoms with E-state index in [-0.39, 0.29) is 0 Å². The van der Waals surface area contributed by atoms with Gasteiger partial charge >= 0.3 is 0 Å². The molecule has 2 nitrogen and oxygen atoms in total. The van der Waals surface area contributed by atoms with Crippen molar-refractivity contribution in [3.63, 3.8) is 0 Å². The van der Waals surface area contributed by atoms with Crippen LogP contribution in [-0.2, 0) is 0 Å². The number of unbranched alkanes of at least 4 members (excludes halogenated alkanes) is 14. The van der Waals surface area contributed by atoms with Gasteiger partial charge in [-0.3, -0.25) is 0 Å². The number of nitrogens with one attached hydrogen (secondary N) is 2. The van der Waals surface area contributed by atoms with Crippen LogP contribution in [-0.4, -0.2) is 13.1 Å². The number of hydrogen-bond donors (Lipinski definition) is 2. The number of hydrogen-bond acceptors (Lipinski definition) is 2. The molecule has 0 heterocycles. The molecule has 0 saturated carbocycles. The molecule has 0 amide bonds. The summed E-state index contributed by atoms with van der Waals surface area (Å²) >= 11 is 0. The Morgan fingerprint density at radius 1 is 0.464 bits per heavy atom. The molecule has 28 heavy (non-hydrogen) atoms. The van der Waals surface area contributed by atoms with Gasteiger partial charge in [-0.2, -0.15) is 0 Å². The van der Waals surface area contributed by atoms with Crippen molar-refractivity contribution in [2.45, 2.75) is 117 Å². The first-order valence-corrected chi connectivity index (χ1v) is 12.4. The predicted molar refractivity (Wildman–Crippen MR) is 129 cm³/mol. The van der Waals surface area contributed by atoms with Crippen LogP contribution in [0.3, 0.4) is 0 Å². The normalized spacial score (nSPS) is 10.9. The highest BCUT2D eigenvalue weighted by Gasteiger charge is 2.00. The van der Waals surface area contributed by atoms with E-state index in [2.05, 4.69) is 48.7 Å². The Balaban J connectivity index is 2.06. The van der Waals surface area contributed by atoms with Crippen molar-refractivity contribution >= 4 is 11.4 Å². The zero-order valence-corrected chi connectivity index (χ0v) is 19.0. The average molecular weight is 389 g/mol. The van der Waals surface area contributed by atoms with Crippen LogP contribution in [0.2, 0.25) is 0 Å². The Morgan fingerprint density at radius 2 is 0.786 bits per heavy atom. The monoisotopic (exact) mass is 388 g/mol. The molecule has 0 aliphatic heterocycles. The van der Waals surface area contributed by atoms with Crippen LogP contribution >= 0.6 is 0 Å². The van der Waals surface area contributed by atoms with Crippen molar-refractivity contribution in [1.82, 2.24) is 0 Å². The van der Waals surface area contributed by atoms with Crippen molar-refractivity contribution in [2.24, 2.45) is 0 Å². The van der Waals surface area contributed by atoms with Gasteiger partial charge in [-0.15, -0.1) is 0 Å². The molecule has 0 saturated heterocycles. The molecule has 0 aromatic heterocycles. The largest absolute Gasteiger partial charge is 0.383 e. The fraction of sp³-hybridized carbons (Fsp3) is 0.769. The summed E-state index contributed by atoms with van der Waals surface area (Å²) in [6, 6.07) is 8.69. The Labute approximate surface area is 176 Å². The number of rotatable bonds is 20. The lowest BCUT2D eigenvalue weighted by Gasteiger charge is -2.14. The van der Waals surface area contributed by atoms with Gasteiger partial charge in [0, 0.05) is 13.1 Å². The zero-order valence-electron chi connectivity index (χ0n) is 19.0. The first-order chi connectivity index (χ1) is 13.9. The van der Waals surface area contributed by atoms with Gasteiger partial charge in [-0.25, -0.2) is 0 Å². The molecule has 0 bridgehead atoms. The van der Waals surface area contributed by atoms with E-state index in [0.717, 1.165) is 13.1 Å². The summed E-state index contributed by atoms with van der Waals surface area (Å²) in [6.07, 6.45) is 22.1. The summed E-state index contributed by atoms with van der Waals surface area (Å²) in [5, 5.41) is 7.29. The van der Waals surface area contributed by atoms with Crippen LogP contribution in [0.5, 0.6) is 0 Å². The highest BCUT2D eigenvalue weighted by molar-refractivity contribution is 5.68. The smallest absolute Gasteiger partial charge is 0.0575 e. The lowest BCUT2D eigenvalue weighted by atomic mass is 10.1. The topological polar surface area (TPSA) is 24.1 Å². The maximum absolute atomic E-state index is 3.64. The summed E-state index contributed by atoms with van der Waals surface area (Å²) in [5.41, 5.74) is 2.54. The Bertz CT molecular complexity index is 403. The molecule has 0 atom stereocenters. The number of anilines is 2. The lowest BCUT2D eigenvalue weighted by molar-refractivity contribution is 0.580. The van der Waals surface area contributed by atoms with Gasteiger partial charge in [0.05, 0.1) is 11.4 Å². The molecule has 0 aliphatic carbocycles. The van der Waals surface area contributed by atoms with Crippen LogP contribution in [0.1, 0.15) is 117 Å². The van der Waals surface area contributed by atoms with Gasteiger partial charge in [-0.1, -0.05) is 116 Å². The molecule has 2 heteroatoms. The van der Waals surface area contributed by atoms with Crippen molar-refractivity contribution in [2.75, 3.05) is 23.7 Å². The van der Waals surface area contributed by atoms with E-state index in [1.54, 1.807) is 0 Å². The molecule has 1 rings (SSSR count). The standard InChI is InChI=1S/C26H48N2/c1-3-5-7-9-11-13-15-19-23-27-25-21-17-18-22-26(25)28-24-20-16-14-12-10-8-6-4-2/h17-18,21-22,27-28H,3-16,19-20,23-24H2,1-2H3. The molecular formula is C26H48N2. The second kappa shape index (κ2) is 19.2. The lowest BCUT2D eigenvalue weighted by Crippen LogP contribution is -2.07. The first-order valence-electron chi connectivity index (χ1n) is 12.4.